The highest BCUT2D eigenvalue weighted by Gasteiger charge is 2.19. The van der Waals surface area contributed by atoms with Crippen molar-refractivity contribution in [1.29, 1.82) is 0 Å². The van der Waals surface area contributed by atoms with Crippen LogP contribution >= 0.6 is 11.6 Å². The zero-order valence-electron chi connectivity index (χ0n) is 9.95. The van der Waals surface area contributed by atoms with Crippen molar-refractivity contribution >= 4 is 23.4 Å². The molecule has 0 bridgehead atoms. The predicted octanol–water partition coefficient (Wildman–Crippen LogP) is 2.41. The topological polar surface area (TPSA) is 75.1 Å². The average Bonchev–Trinajstić information content (AvgIpc) is 2.42. The van der Waals surface area contributed by atoms with Gasteiger partial charge < -0.3 is 10.4 Å². The number of hydrogen-bond donors (Lipinski definition) is 2. The number of carboxylic acid groups (broad SMARTS) is 1. The quantitative estimate of drug-likeness (QED) is 0.878. The van der Waals surface area contributed by atoms with Crippen molar-refractivity contribution in [2.75, 3.05) is 11.9 Å². The van der Waals surface area contributed by atoms with Gasteiger partial charge in [0, 0.05) is 6.54 Å². The van der Waals surface area contributed by atoms with Gasteiger partial charge in [0.15, 0.2) is 5.15 Å². The third-order valence-electron chi connectivity index (χ3n) is 2.62. The number of anilines is 1. The third kappa shape index (κ3) is 3.66. The Morgan fingerprint density at radius 1 is 1.21 bits per heavy atom. The summed E-state index contributed by atoms with van der Waals surface area (Å²) in [4.78, 5) is 11.3. The fourth-order valence-electron chi connectivity index (χ4n) is 1.65. The second kappa shape index (κ2) is 6.15. The average molecular weight is 278 g/mol. The number of aliphatic carboxylic acids is 1. The van der Waals surface area contributed by atoms with Crippen LogP contribution in [0.4, 0.5) is 5.82 Å². The van der Waals surface area contributed by atoms with Gasteiger partial charge in [-0.3, -0.25) is 4.79 Å². The summed E-state index contributed by atoms with van der Waals surface area (Å²) < 4.78 is 0. The van der Waals surface area contributed by atoms with E-state index in [4.69, 9.17) is 11.6 Å². The van der Waals surface area contributed by atoms with E-state index in [0.717, 1.165) is 5.56 Å². The second-order valence-electron chi connectivity index (χ2n) is 3.92. The second-order valence-corrected chi connectivity index (χ2v) is 4.31. The first-order valence-electron chi connectivity index (χ1n) is 5.67. The van der Waals surface area contributed by atoms with Crippen molar-refractivity contribution in [2.45, 2.75) is 5.92 Å². The first-order chi connectivity index (χ1) is 9.16. The Morgan fingerprint density at radius 3 is 2.53 bits per heavy atom. The van der Waals surface area contributed by atoms with Crippen LogP contribution in [0.2, 0.25) is 5.15 Å². The van der Waals surface area contributed by atoms with Crippen LogP contribution in [0.1, 0.15) is 11.5 Å². The van der Waals surface area contributed by atoms with Gasteiger partial charge >= 0.3 is 5.97 Å². The maximum absolute atomic E-state index is 11.3. The van der Waals surface area contributed by atoms with Crippen LogP contribution in [0.25, 0.3) is 0 Å². The van der Waals surface area contributed by atoms with Gasteiger partial charge in [-0.05, 0) is 17.7 Å². The molecule has 0 fully saturated rings. The fraction of sp³-hybridized carbons (Fsp3) is 0.154. The van der Waals surface area contributed by atoms with Crippen LogP contribution in [0.3, 0.4) is 0 Å². The molecule has 0 amide bonds. The molecular weight excluding hydrogens is 266 g/mol. The van der Waals surface area contributed by atoms with E-state index in [-0.39, 0.29) is 6.54 Å². The predicted molar refractivity (Wildman–Crippen MR) is 72.4 cm³/mol. The first-order valence-corrected chi connectivity index (χ1v) is 6.05. The molecule has 0 saturated carbocycles. The summed E-state index contributed by atoms with van der Waals surface area (Å²) in [6.07, 6.45) is 0. The molecule has 1 heterocycles. The van der Waals surface area contributed by atoms with Gasteiger partial charge in [0.25, 0.3) is 0 Å². The van der Waals surface area contributed by atoms with Gasteiger partial charge in [0.1, 0.15) is 5.82 Å². The van der Waals surface area contributed by atoms with Crippen molar-refractivity contribution in [1.82, 2.24) is 10.2 Å². The van der Waals surface area contributed by atoms with E-state index in [9.17, 15) is 9.90 Å². The molecule has 0 radical (unpaired) electrons. The lowest BCUT2D eigenvalue weighted by molar-refractivity contribution is -0.138. The van der Waals surface area contributed by atoms with E-state index in [2.05, 4.69) is 15.5 Å². The van der Waals surface area contributed by atoms with Crippen molar-refractivity contribution in [3.8, 4) is 0 Å². The molecule has 2 rings (SSSR count). The van der Waals surface area contributed by atoms with Crippen LogP contribution in [-0.2, 0) is 4.79 Å². The van der Waals surface area contributed by atoms with Gasteiger partial charge in [0.2, 0.25) is 0 Å². The monoisotopic (exact) mass is 277 g/mol. The van der Waals surface area contributed by atoms with Gasteiger partial charge in [-0.25, -0.2) is 0 Å². The molecule has 0 spiro atoms. The molecule has 6 heteroatoms. The summed E-state index contributed by atoms with van der Waals surface area (Å²) >= 11 is 5.63. The molecule has 0 aliphatic carbocycles. The Hall–Kier alpha value is -2.14. The standard InChI is InChI=1S/C13H12ClN3O2/c14-11-6-7-12(17-16-11)15-8-10(13(18)19)9-4-2-1-3-5-9/h1-7,10H,8H2,(H,15,17)(H,18,19). The molecule has 1 atom stereocenters. The number of rotatable bonds is 5. The summed E-state index contributed by atoms with van der Waals surface area (Å²) in [5.74, 6) is -1.04. The van der Waals surface area contributed by atoms with E-state index >= 15 is 0 Å². The van der Waals surface area contributed by atoms with Gasteiger partial charge in [-0.2, -0.15) is 0 Å². The van der Waals surface area contributed by atoms with Crippen LogP contribution in [0.5, 0.6) is 0 Å². The highest BCUT2D eigenvalue weighted by molar-refractivity contribution is 6.29. The zero-order valence-corrected chi connectivity index (χ0v) is 10.7. The minimum absolute atomic E-state index is 0.232. The van der Waals surface area contributed by atoms with E-state index in [1.54, 1.807) is 24.3 Å². The summed E-state index contributed by atoms with van der Waals surface area (Å²) in [6, 6.07) is 12.3. The lowest BCUT2D eigenvalue weighted by atomic mass is 9.99. The molecule has 0 aliphatic heterocycles. The summed E-state index contributed by atoms with van der Waals surface area (Å²) in [6.45, 7) is 0.232. The maximum Gasteiger partial charge on any atom is 0.312 e. The van der Waals surface area contributed by atoms with Crippen molar-refractivity contribution in [2.24, 2.45) is 0 Å². The van der Waals surface area contributed by atoms with Gasteiger partial charge in [0.05, 0.1) is 5.92 Å². The Kier molecular flexibility index (Phi) is 4.30. The number of aromatic nitrogens is 2. The number of nitrogens with zero attached hydrogens (tertiary/aromatic N) is 2. The molecule has 1 aromatic heterocycles. The molecule has 0 aliphatic rings. The van der Waals surface area contributed by atoms with E-state index in [1.807, 2.05) is 18.2 Å². The number of carboxylic acids is 1. The normalized spacial score (nSPS) is 11.8. The number of halogens is 1. The van der Waals surface area contributed by atoms with Crippen LogP contribution in [0, 0.1) is 0 Å². The summed E-state index contributed by atoms with van der Waals surface area (Å²) in [5.41, 5.74) is 0.740. The minimum Gasteiger partial charge on any atom is -0.481 e. The molecular formula is C13H12ClN3O2. The van der Waals surface area contributed by atoms with Crippen molar-refractivity contribution in [3.63, 3.8) is 0 Å². The highest BCUT2D eigenvalue weighted by atomic mass is 35.5. The van der Waals surface area contributed by atoms with E-state index in [0.29, 0.717) is 11.0 Å². The fourth-order valence-corrected chi connectivity index (χ4v) is 1.75. The van der Waals surface area contributed by atoms with Gasteiger partial charge in [-0.15, -0.1) is 10.2 Å². The molecule has 2 aromatic rings. The number of benzene rings is 1. The highest BCUT2D eigenvalue weighted by Crippen LogP contribution is 2.16. The van der Waals surface area contributed by atoms with Crippen LogP contribution in [0.15, 0.2) is 42.5 Å². The molecule has 5 nitrogen and oxygen atoms in total. The smallest absolute Gasteiger partial charge is 0.312 e. The van der Waals surface area contributed by atoms with Crippen molar-refractivity contribution < 1.29 is 9.90 Å². The maximum atomic E-state index is 11.3. The Morgan fingerprint density at radius 2 is 1.95 bits per heavy atom. The number of hydrogen-bond acceptors (Lipinski definition) is 4. The van der Waals surface area contributed by atoms with E-state index < -0.39 is 11.9 Å². The first kappa shape index (κ1) is 13.3. The van der Waals surface area contributed by atoms with Crippen LogP contribution < -0.4 is 5.32 Å². The SMILES string of the molecule is O=C(O)C(CNc1ccc(Cl)nn1)c1ccccc1. The Labute approximate surface area is 115 Å². The lowest BCUT2D eigenvalue weighted by Crippen LogP contribution is -2.21. The van der Waals surface area contributed by atoms with E-state index in [1.165, 1.54) is 0 Å². The summed E-state index contributed by atoms with van der Waals surface area (Å²) in [5, 5.41) is 20.0. The minimum atomic E-state index is -0.888. The molecule has 98 valence electrons. The zero-order chi connectivity index (χ0) is 13.7. The van der Waals surface area contributed by atoms with Crippen LogP contribution in [-0.4, -0.2) is 27.8 Å². The lowest BCUT2D eigenvalue weighted by Gasteiger charge is -2.13. The van der Waals surface area contributed by atoms with Crippen molar-refractivity contribution in [3.05, 3.63) is 53.2 Å². The Bertz CT molecular complexity index is 546. The van der Waals surface area contributed by atoms with Gasteiger partial charge in [-0.1, -0.05) is 41.9 Å². The number of nitrogens with one attached hydrogen (secondary N) is 1. The molecule has 19 heavy (non-hydrogen) atoms. The largest absolute Gasteiger partial charge is 0.481 e. The molecule has 1 unspecified atom stereocenters. The number of carbonyl (C=O) groups is 1. The molecule has 1 aromatic carbocycles. The molecule has 2 N–H and O–H groups in total. The summed E-state index contributed by atoms with van der Waals surface area (Å²) in [7, 11) is 0. The third-order valence-corrected chi connectivity index (χ3v) is 2.82. The molecule has 0 saturated heterocycles. The Balaban J connectivity index is 2.06.